The molecule has 0 fully saturated rings. The van der Waals surface area contributed by atoms with Crippen LogP contribution in [0, 0.1) is 0 Å². The lowest BCUT2D eigenvalue weighted by molar-refractivity contribution is 0.184. The van der Waals surface area contributed by atoms with Crippen LogP contribution in [0.5, 0.6) is 5.75 Å². The summed E-state index contributed by atoms with van der Waals surface area (Å²) >= 11 is 0. The molecule has 1 aromatic rings. The molecule has 0 aliphatic carbocycles. The van der Waals surface area contributed by atoms with E-state index >= 15 is 0 Å². The SMILES string of the molecule is C[C@H](O)CCc1ccccc1O. The average molecular weight is 166 g/mol. The Morgan fingerprint density at radius 3 is 2.58 bits per heavy atom. The highest BCUT2D eigenvalue weighted by atomic mass is 16.3. The molecular weight excluding hydrogens is 152 g/mol. The van der Waals surface area contributed by atoms with E-state index in [1.165, 1.54) is 0 Å². The second-order valence-corrected chi connectivity index (χ2v) is 3.02. The van der Waals surface area contributed by atoms with E-state index in [0.717, 1.165) is 12.0 Å². The van der Waals surface area contributed by atoms with Crippen molar-refractivity contribution in [2.24, 2.45) is 0 Å². The average Bonchev–Trinajstić information content (AvgIpc) is 2.03. The lowest BCUT2D eigenvalue weighted by Crippen LogP contribution is -2.01. The van der Waals surface area contributed by atoms with E-state index in [1.807, 2.05) is 12.1 Å². The zero-order valence-electron chi connectivity index (χ0n) is 7.20. The van der Waals surface area contributed by atoms with Gasteiger partial charge in [0.05, 0.1) is 6.10 Å². The fourth-order valence-corrected chi connectivity index (χ4v) is 1.09. The van der Waals surface area contributed by atoms with Gasteiger partial charge in [-0.3, -0.25) is 0 Å². The van der Waals surface area contributed by atoms with Gasteiger partial charge < -0.3 is 10.2 Å². The minimum Gasteiger partial charge on any atom is -0.508 e. The zero-order chi connectivity index (χ0) is 8.97. The van der Waals surface area contributed by atoms with Crippen LogP contribution in [0.15, 0.2) is 24.3 Å². The largest absolute Gasteiger partial charge is 0.508 e. The first kappa shape index (κ1) is 9.07. The molecule has 0 bridgehead atoms. The molecule has 0 amide bonds. The van der Waals surface area contributed by atoms with E-state index < -0.39 is 0 Å². The lowest BCUT2D eigenvalue weighted by Gasteiger charge is -2.05. The maximum Gasteiger partial charge on any atom is 0.118 e. The number of hydrogen-bond donors (Lipinski definition) is 2. The first-order chi connectivity index (χ1) is 5.70. The van der Waals surface area contributed by atoms with Crippen molar-refractivity contribution in [3.8, 4) is 5.75 Å². The van der Waals surface area contributed by atoms with E-state index in [0.29, 0.717) is 12.2 Å². The van der Waals surface area contributed by atoms with E-state index in [4.69, 9.17) is 5.11 Å². The third kappa shape index (κ3) is 2.55. The Labute approximate surface area is 72.5 Å². The third-order valence-corrected chi connectivity index (χ3v) is 1.82. The molecule has 0 saturated heterocycles. The Morgan fingerprint density at radius 1 is 1.33 bits per heavy atom. The molecular formula is C10H14O2. The van der Waals surface area contributed by atoms with E-state index in [2.05, 4.69) is 0 Å². The fourth-order valence-electron chi connectivity index (χ4n) is 1.09. The van der Waals surface area contributed by atoms with Gasteiger partial charge in [0.25, 0.3) is 0 Å². The van der Waals surface area contributed by atoms with Crippen molar-refractivity contribution >= 4 is 0 Å². The third-order valence-electron chi connectivity index (χ3n) is 1.82. The van der Waals surface area contributed by atoms with E-state index in [9.17, 15) is 5.11 Å². The predicted octanol–water partition coefficient (Wildman–Crippen LogP) is 1.71. The van der Waals surface area contributed by atoms with Gasteiger partial charge in [0.2, 0.25) is 0 Å². The fraction of sp³-hybridized carbons (Fsp3) is 0.400. The Bertz CT molecular complexity index is 243. The van der Waals surface area contributed by atoms with E-state index in [1.54, 1.807) is 19.1 Å². The normalized spacial score (nSPS) is 12.8. The van der Waals surface area contributed by atoms with Crippen LogP contribution in [0.2, 0.25) is 0 Å². The first-order valence-corrected chi connectivity index (χ1v) is 4.15. The van der Waals surface area contributed by atoms with Gasteiger partial charge in [0.1, 0.15) is 5.75 Å². The van der Waals surface area contributed by atoms with Crippen LogP contribution < -0.4 is 0 Å². The van der Waals surface area contributed by atoms with Gasteiger partial charge in [-0.1, -0.05) is 18.2 Å². The van der Waals surface area contributed by atoms with Gasteiger partial charge >= 0.3 is 0 Å². The second kappa shape index (κ2) is 4.12. The summed E-state index contributed by atoms with van der Waals surface area (Å²) in [5.41, 5.74) is 0.901. The minimum absolute atomic E-state index is 0.301. The second-order valence-electron chi connectivity index (χ2n) is 3.02. The smallest absolute Gasteiger partial charge is 0.118 e. The van der Waals surface area contributed by atoms with Crippen molar-refractivity contribution in [2.75, 3.05) is 0 Å². The number of phenolic OH excluding ortho intramolecular Hbond substituents is 1. The van der Waals surface area contributed by atoms with Crippen molar-refractivity contribution in [3.63, 3.8) is 0 Å². The molecule has 0 radical (unpaired) electrons. The molecule has 2 N–H and O–H groups in total. The Morgan fingerprint density at radius 2 is 2.00 bits per heavy atom. The molecule has 1 atom stereocenters. The van der Waals surface area contributed by atoms with Gasteiger partial charge in [0.15, 0.2) is 0 Å². The summed E-state index contributed by atoms with van der Waals surface area (Å²) < 4.78 is 0. The topological polar surface area (TPSA) is 40.5 Å². The van der Waals surface area contributed by atoms with Crippen LogP contribution >= 0.6 is 0 Å². The molecule has 0 aromatic heterocycles. The Kier molecular flexibility index (Phi) is 3.11. The summed E-state index contributed by atoms with van der Waals surface area (Å²) in [7, 11) is 0. The molecule has 0 saturated carbocycles. The van der Waals surface area contributed by atoms with Crippen molar-refractivity contribution in [1.29, 1.82) is 0 Å². The Balaban J connectivity index is 2.57. The maximum atomic E-state index is 9.34. The summed E-state index contributed by atoms with van der Waals surface area (Å²) in [5.74, 6) is 0.318. The minimum atomic E-state index is -0.301. The number of rotatable bonds is 3. The zero-order valence-corrected chi connectivity index (χ0v) is 7.20. The van der Waals surface area contributed by atoms with Crippen LogP contribution in [0.4, 0.5) is 0 Å². The number of aliphatic hydroxyl groups excluding tert-OH is 1. The number of para-hydroxylation sites is 1. The first-order valence-electron chi connectivity index (χ1n) is 4.15. The van der Waals surface area contributed by atoms with Gasteiger partial charge in [-0.2, -0.15) is 0 Å². The van der Waals surface area contributed by atoms with Crippen molar-refractivity contribution in [1.82, 2.24) is 0 Å². The maximum absolute atomic E-state index is 9.34. The van der Waals surface area contributed by atoms with Crippen LogP contribution in [0.3, 0.4) is 0 Å². The van der Waals surface area contributed by atoms with Crippen LogP contribution in [0.1, 0.15) is 18.9 Å². The Hall–Kier alpha value is -1.02. The molecule has 1 aromatic carbocycles. The summed E-state index contributed by atoms with van der Waals surface area (Å²) in [6, 6.07) is 7.22. The monoisotopic (exact) mass is 166 g/mol. The molecule has 0 unspecified atom stereocenters. The molecule has 2 heteroatoms. The van der Waals surface area contributed by atoms with Crippen LogP contribution in [-0.4, -0.2) is 16.3 Å². The number of hydrogen-bond acceptors (Lipinski definition) is 2. The molecule has 1 rings (SSSR count). The molecule has 2 nitrogen and oxygen atoms in total. The molecule has 66 valence electrons. The molecule has 0 heterocycles. The van der Waals surface area contributed by atoms with Gasteiger partial charge in [-0.05, 0) is 31.4 Å². The highest BCUT2D eigenvalue weighted by Crippen LogP contribution is 2.17. The van der Waals surface area contributed by atoms with Gasteiger partial charge in [-0.15, -0.1) is 0 Å². The van der Waals surface area contributed by atoms with Crippen molar-refractivity contribution in [2.45, 2.75) is 25.9 Å². The number of phenols is 1. The summed E-state index contributed by atoms with van der Waals surface area (Å²) in [4.78, 5) is 0. The number of aromatic hydroxyl groups is 1. The molecule has 12 heavy (non-hydrogen) atoms. The van der Waals surface area contributed by atoms with Crippen LogP contribution in [-0.2, 0) is 6.42 Å². The molecule has 0 aliphatic heterocycles. The molecule has 0 aliphatic rings. The predicted molar refractivity (Wildman–Crippen MR) is 48.1 cm³/mol. The summed E-state index contributed by atoms with van der Waals surface area (Å²) in [5, 5.41) is 18.4. The van der Waals surface area contributed by atoms with E-state index in [-0.39, 0.29) is 6.10 Å². The van der Waals surface area contributed by atoms with Crippen molar-refractivity contribution in [3.05, 3.63) is 29.8 Å². The number of aliphatic hydroxyl groups is 1. The lowest BCUT2D eigenvalue weighted by atomic mass is 10.1. The van der Waals surface area contributed by atoms with Crippen LogP contribution in [0.25, 0.3) is 0 Å². The quantitative estimate of drug-likeness (QED) is 0.717. The summed E-state index contributed by atoms with van der Waals surface area (Å²) in [6.45, 7) is 1.75. The summed E-state index contributed by atoms with van der Waals surface area (Å²) in [6.07, 6.45) is 1.12. The number of benzene rings is 1. The van der Waals surface area contributed by atoms with Gasteiger partial charge in [-0.25, -0.2) is 0 Å². The van der Waals surface area contributed by atoms with Gasteiger partial charge in [0, 0.05) is 0 Å². The van der Waals surface area contributed by atoms with Crippen molar-refractivity contribution < 1.29 is 10.2 Å². The number of aryl methyl sites for hydroxylation is 1. The highest BCUT2D eigenvalue weighted by molar-refractivity contribution is 5.31. The highest BCUT2D eigenvalue weighted by Gasteiger charge is 2.01. The molecule has 0 spiro atoms. The standard InChI is InChI=1S/C10H14O2/c1-8(11)6-7-9-4-2-3-5-10(9)12/h2-5,8,11-12H,6-7H2,1H3/t8-/m0/s1.